The van der Waals surface area contributed by atoms with Crippen LogP contribution in [0.15, 0.2) is 23.4 Å². The van der Waals surface area contributed by atoms with Crippen LogP contribution in [-0.2, 0) is 25.5 Å². The molecular formula is C22H31N3O5S. The number of aromatic nitrogens is 2. The van der Waals surface area contributed by atoms with Gasteiger partial charge in [-0.15, -0.1) is 0 Å². The number of ether oxygens (including phenoxy) is 3. The van der Waals surface area contributed by atoms with Crippen LogP contribution in [0.5, 0.6) is 0 Å². The lowest BCUT2D eigenvalue weighted by Gasteiger charge is -2.11. The van der Waals surface area contributed by atoms with E-state index in [0.29, 0.717) is 37.4 Å². The fourth-order valence-electron chi connectivity index (χ4n) is 3.46. The quantitative estimate of drug-likeness (QED) is 0.302. The first-order valence-electron chi connectivity index (χ1n) is 10.9. The lowest BCUT2D eigenvalue weighted by atomic mass is 10.2. The number of benzene rings is 1. The predicted octanol–water partition coefficient (Wildman–Crippen LogP) is 3.03. The van der Waals surface area contributed by atoms with Crippen LogP contribution >= 0.6 is 11.8 Å². The van der Waals surface area contributed by atoms with Gasteiger partial charge in [-0.25, -0.2) is 9.78 Å². The van der Waals surface area contributed by atoms with Crippen LogP contribution in [0.3, 0.4) is 0 Å². The number of amides is 1. The Balaban J connectivity index is 1.69. The van der Waals surface area contributed by atoms with Crippen molar-refractivity contribution in [3.05, 3.63) is 23.8 Å². The van der Waals surface area contributed by atoms with Gasteiger partial charge in [0, 0.05) is 32.9 Å². The molecule has 1 aromatic carbocycles. The molecule has 2 aromatic rings. The number of hydrogen-bond donors (Lipinski definition) is 1. The second-order valence-electron chi connectivity index (χ2n) is 7.25. The van der Waals surface area contributed by atoms with Crippen LogP contribution in [0.1, 0.15) is 43.5 Å². The summed E-state index contributed by atoms with van der Waals surface area (Å²) in [6.45, 7) is 7.45. The van der Waals surface area contributed by atoms with E-state index in [1.165, 1.54) is 11.8 Å². The van der Waals surface area contributed by atoms with E-state index in [1.54, 1.807) is 19.1 Å². The van der Waals surface area contributed by atoms with Crippen LogP contribution in [0, 0.1) is 0 Å². The van der Waals surface area contributed by atoms with Crippen molar-refractivity contribution in [3.8, 4) is 0 Å². The van der Waals surface area contributed by atoms with Crippen LogP contribution < -0.4 is 5.32 Å². The van der Waals surface area contributed by atoms with Gasteiger partial charge >= 0.3 is 5.97 Å². The molecule has 1 aromatic heterocycles. The van der Waals surface area contributed by atoms with E-state index in [9.17, 15) is 9.59 Å². The van der Waals surface area contributed by atoms with Gasteiger partial charge in [0.15, 0.2) is 5.16 Å². The minimum atomic E-state index is -0.363. The zero-order valence-corrected chi connectivity index (χ0v) is 19.0. The summed E-state index contributed by atoms with van der Waals surface area (Å²) in [5, 5.41) is 3.69. The molecule has 1 saturated heterocycles. The first-order valence-corrected chi connectivity index (χ1v) is 11.9. The number of nitrogens with one attached hydrogen (secondary N) is 1. The van der Waals surface area contributed by atoms with Gasteiger partial charge in [-0.2, -0.15) is 0 Å². The number of aryl methyl sites for hydroxylation is 1. The third-order valence-corrected chi connectivity index (χ3v) is 5.96. The van der Waals surface area contributed by atoms with Gasteiger partial charge < -0.3 is 24.1 Å². The second kappa shape index (κ2) is 12.1. The van der Waals surface area contributed by atoms with Crippen LogP contribution in [0.4, 0.5) is 0 Å². The third-order valence-electron chi connectivity index (χ3n) is 4.98. The molecule has 0 spiro atoms. The Bertz CT molecular complexity index is 879. The van der Waals surface area contributed by atoms with E-state index in [2.05, 4.69) is 9.88 Å². The van der Waals surface area contributed by atoms with E-state index in [-0.39, 0.29) is 23.7 Å². The number of carbonyl (C=O) groups excluding carboxylic acids is 2. The van der Waals surface area contributed by atoms with Crippen molar-refractivity contribution in [2.45, 2.75) is 50.9 Å². The molecular weight excluding hydrogens is 418 g/mol. The Morgan fingerprint density at radius 2 is 2.19 bits per heavy atom. The second-order valence-corrected chi connectivity index (χ2v) is 8.19. The molecule has 9 heteroatoms. The molecule has 0 aliphatic carbocycles. The van der Waals surface area contributed by atoms with Gasteiger partial charge in [-0.3, -0.25) is 4.79 Å². The average Bonchev–Trinajstić information content (AvgIpc) is 3.41. The summed E-state index contributed by atoms with van der Waals surface area (Å²) in [6, 6.07) is 5.38. The van der Waals surface area contributed by atoms with Crippen LogP contribution in [-0.4, -0.2) is 66.3 Å². The Kier molecular flexibility index (Phi) is 9.17. The third kappa shape index (κ3) is 6.69. The number of carbonyl (C=O) groups is 2. The SMILES string of the molecule is CCOCCCn1c(SCC(=O)NC[C@H]2CCCO2)nc2cc(C(=O)OCC)ccc21. The molecule has 1 amide bonds. The summed E-state index contributed by atoms with van der Waals surface area (Å²) in [5.41, 5.74) is 2.11. The minimum Gasteiger partial charge on any atom is -0.462 e. The highest BCUT2D eigenvalue weighted by molar-refractivity contribution is 7.99. The monoisotopic (exact) mass is 449 g/mol. The molecule has 0 unspecified atom stereocenters. The molecule has 1 aliphatic heterocycles. The Labute approximate surface area is 187 Å². The molecule has 2 heterocycles. The zero-order valence-electron chi connectivity index (χ0n) is 18.2. The van der Waals surface area contributed by atoms with Gasteiger partial charge in [-0.05, 0) is 51.3 Å². The maximum atomic E-state index is 12.3. The largest absolute Gasteiger partial charge is 0.462 e. The first kappa shape index (κ1) is 23.6. The zero-order chi connectivity index (χ0) is 22.1. The molecule has 1 atom stereocenters. The highest BCUT2D eigenvalue weighted by Crippen LogP contribution is 2.26. The van der Waals surface area contributed by atoms with Gasteiger partial charge in [0.1, 0.15) is 0 Å². The van der Waals surface area contributed by atoms with E-state index >= 15 is 0 Å². The molecule has 3 rings (SSSR count). The first-order chi connectivity index (χ1) is 15.1. The van der Waals surface area contributed by atoms with Crippen molar-refractivity contribution >= 4 is 34.7 Å². The molecule has 0 radical (unpaired) electrons. The van der Waals surface area contributed by atoms with Crippen molar-refractivity contribution < 1.29 is 23.8 Å². The number of thioether (sulfide) groups is 1. The van der Waals surface area contributed by atoms with E-state index in [4.69, 9.17) is 19.2 Å². The fraction of sp³-hybridized carbons (Fsp3) is 0.591. The summed E-state index contributed by atoms with van der Waals surface area (Å²) >= 11 is 1.39. The van der Waals surface area contributed by atoms with Crippen molar-refractivity contribution in [2.75, 3.05) is 38.7 Å². The molecule has 1 N–H and O–H groups in total. The molecule has 1 aliphatic rings. The number of nitrogens with zero attached hydrogens (tertiary/aromatic N) is 2. The molecule has 31 heavy (non-hydrogen) atoms. The number of esters is 1. The lowest BCUT2D eigenvalue weighted by Crippen LogP contribution is -2.32. The van der Waals surface area contributed by atoms with Gasteiger partial charge in [0.25, 0.3) is 0 Å². The summed E-state index contributed by atoms with van der Waals surface area (Å²) in [4.78, 5) is 29.1. The smallest absolute Gasteiger partial charge is 0.338 e. The maximum absolute atomic E-state index is 12.3. The Hall–Kier alpha value is -2.10. The highest BCUT2D eigenvalue weighted by Gasteiger charge is 2.18. The normalized spacial score (nSPS) is 16.0. The van der Waals surface area contributed by atoms with Crippen molar-refractivity contribution in [2.24, 2.45) is 0 Å². The number of fused-ring (bicyclic) bond motifs is 1. The van der Waals surface area contributed by atoms with Crippen LogP contribution in [0.2, 0.25) is 0 Å². The topological polar surface area (TPSA) is 91.7 Å². The Morgan fingerprint density at radius 3 is 2.94 bits per heavy atom. The van der Waals surface area contributed by atoms with Crippen molar-refractivity contribution in [1.29, 1.82) is 0 Å². The van der Waals surface area contributed by atoms with Crippen LogP contribution in [0.25, 0.3) is 11.0 Å². The summed E-state index contributed by atoms with van der Waals surface area (Å²) in [6.07, 6.45) is 3.00. The summed E-state index contributed by atoms with van der Waals surface area (Å²) in [5.74, 6) is -0.134. The predicted molar refractivity (Wildman–Crippen MR) is 120 cm³/mol. The van der Waals surface area contributed by atoms with Gasteiger partial charge in [0.05, 0.1) is 35.1 Å². The molecule has 1 fully saturated rings. The highest BCUT2D eigenvalue weighted by atomic mass is 32.2. The number of imidazole rings is 1. The van der Waals surface area contributed by atoms with Crippen molar-refractivity contribution in [3.63, 3.8) is 0 Å². The standard InChI is InChI=1S/C22H31N3O5S/c1-3-28-11-6-10-25-19-9-8-16(21(27)29-4-2)13-18(19)24-22(25)31-15-20(26)23-14-17-7-5-12-30-17/h8-9,13,17H,3-7,10-12,14-15H2,1-2H3,(H,23,26)/t17-/m1/s1. The minimum absolute atomic E-state index is 0.0411. The summed E-state index contributed by atoms with van der Waals surface area (Å²) < 4.78 is 18.2. The van der Waals surface area contributed by atoms with E-state index in [1.807, 2.05) is 13.0 Å². The number of rotatable bonds is 12. The number of hydrogen-bond acceptors (Lipinski definition) is 7. The fourth-order valence-corrected chi connectivity index (χ4v) is 4.33. The summed E-state index contributed by atoms with van der Waals surface area (Å²) in [7, 11) is 0. The maximum Gasteiger partial charge on any atom is 0.338 e. The van der Waals surface area contributed by atoms with Gasteiger partial charge in [-0.1, -0.05) is 11.8 Å². The van der Waals surface area contributed by atoms with Gasteiger partial charge in [0.2, 0.25) is 5.91 Å². The Morgan fingerprint density at radius 1 is 1.32 bits per heavy atom. The molecule has 0 saturated carbocycles. The lowest BCUT2D eigenvalue weighted by molar-refractivity contribution is -0.119. The molecule has 8 nitrogen and oxygen atoms in total. The van der Waals surface area contributed by atoms with E-state index in [0.717, 1.165) is 43.1 Å². The average molecular weight is 450 g/mol. The van der Waals surface area contributed by atoms with Crippen molar-refractivity contribution in [1.82, 2.24) is 14.9 Å². The van der Waals surface area contributed by atoms with E-state index < -0.39 is 0 Å². The molecule has 170 valence electrons. The molecule has 0 bridgehead atoms.